The van der Waals surface area contributed by atoms with Gasteiger partial charge in [-0.1, -0.05) is 13.8 Å². The Bertz CT molecular complexity index is 143. The molecule has 0 aromatic carbocycles. The summed E-state index contributed by atoms with van der Waals surface area (Å²) in [6.45, 7) is 7.69. The molecule has 1 saturated heterocycles. The van der Waals surface area contributed by atoms with Gasteiger partial charge in [0.2, 0.25) is 0 Å². The number of rotatable bonds is 3. The highest BCUT2D eigenvalue weighted by atomic mass is 15.0. The van der Waals surface area contributed by atoms with Crippen LogP contribution in [-0.4, -0.2) is 18.6 Å². The van der Waals surface area contributed by atoms with Crippen molar-refractivity contribution in [2.24, 2.45) is 17.6 Å². The molecule has 0 amide bonds. The van der Waals surface area contributed by atoms with Crippen LogP contribution in [0.2, 0.25) is 0 Å². The van der Waals surface area contributed by atoms with E-state index in [9.17, 15) is 0 Å². The molecule has 13 heavy (non-hydrogen) atoms. The van der Waals surface area contributed by atoms with Crippen molar-refractivity contribution in [1.82, 2.24) is 5.32 Å². The number of hydrogen-bond donors (Lipinski definition) is 2. The van der Waals surface area contributed by atoms with Crippen molar-refractivity contribution < 1.29 is 0 Å². The van der Waals surface area contributed by atoms with E-state index < -0.39 is 0 Å². The third-order valence-electron chi connectivity index (χ3n) is 3.07. The number of piperidine rings is 1. The zero-order valence-electron chi connectivity index (χ0n) is 9.22. The van der Waals surface area contributed by atoms with Gasteiger partial charge in [-0.2, -0.15) is 0 Å². The van der Waals surface area contributed by atoms with Crippen LogP contribution in [0.3, 0.4) is 0 Å². The summed E-state index contributed by atoms with van der Waals surface area (Å²) in [4.78, 5) is 0. The zero-order valence-corrected chi connectivity index (χ0v) is 9.22. The fraction of sp³-hybridized carbons (Fsp3) is 1.00. The SMILES string of the molecule is CC(C)CC1NC(C)CCC1CN. The Balaban J connectivity index is 2.44. The summed E-state index contributed by atoms with van der Waals surface area (Å²) in [6.07, 6.45) is 3.87. The van der Waals surface area contributed by atoms with E-state index in [1.54, 1.807) is 0 Å². The van der Waals surface area contributed by atoms with Crippen LogP contribution in [0.1, 0.15) is 40.0 Å². The lowest BCUT2D eigenvalue weighted by Crippen LogP contribution is -2.49. The minimum Gasteiger partial charge on any atom is -0.330 e. The van der Waals surface area contributed by atoms with Crippen LogP contribution < -0.4 is 11.1 Å². The molecule has 1 aliphatic rings. The van der Waals surface area contributed by atoms with Crippen LogP contribution in [0.5, 0.6) is 0 Å². The second kappa shape index (κ2) is 4.97. The largest absolute Gasteiger partial charge is 0.330 e. The molecular formula is C11H24N2. The molecule has 2 nitrogen and oxygen atoms in total. The van der Waals surface area contributed by atoms with Crippen molar-refractivity contribution in [1.29, 1.82) is 0 Å². The molecule has 3 N–H and O–H groups in total. The Morgan fingerprint density at radius 2 is 2.08 bits per heavy atom. The monoisotopic (exact) mass is 184 g/mol. The second-order valence-electron chi connectivity index (χ2n) is 4.88. The molecule has 3 unspecified atom stereocenters. The Labute approximate surface area is 82.3 Å². The summed E-state index contributed by atoms with van der Waals surface area (Å²) >= 11 is 0. The molecule has 1 fully saturated rings. The standard InChI is InChI=1S/C11H24N2/c1-8(2)6-11-10(7-12)5-4-9(3)13-11/h8-11,13H,4-7,12H2,1-3H3. The molecule has 78 valence electrons. The van der Waals surface area contributed by atoms with Gasteiger partial charge in [0.05, 0.1) is 0 Å². The molecule has 3 atom stereocenters. The summed E-state index contributed by atoms with van der Waals surface area (Å²) in [5, 5.41) is 3.67. The highest BCUT2D eigenvalue weighted by Crippen LogP contribution is 2.23. The van der Waals surface area contributed by atoms with Gasteiger partial charge in [-0.05, 0) is 44.6 Å². The summed E-state index contributed by atoms with van der Waals surface area (Å²) in [6, 6.07) is 1.35. The minimum absolute atomic E-state index is 0.661. The zero-order chi connectivity index (χ0) is 9.84. The molecule has 1 heterocycles. The van der Waals surface area contributed by atoms with Crippen molar-refractivity contribution in [2.75, 3.05) is 6.54 Å². The fourth-order valence-corrected chi connectivity index (χ4v) is 2.30. The molecule has 1 rings (SSSR count). The van der Waals surface area contributed by atoms with E-state index in [1.807, 2.05) is 0 Å². The molecule has 1 aliphatic heterocycles. The van der Waals surface area contributed by atoms with Gasteiger partial charge in [-0.3, -0.25) is 0 Å². The van der Waals surface area contributed by atoms with Crippen molar-refractivity contribution >= 4 is 0 Å². The normalized spacial score (nSPS) is 35.3. The van der Waals surface area contributed by atoms with Crippen LogP contribution in [-0.2, 0) is 0 Å². The van der Waals surface area contributed by atoms with Gasteiger partial charge in [0.25, 0.3) is 0 Å². The number of hydrogen-bond acceptors (Lipinski definition) is 2. The van der Waals surface area contributed by atoms with Crippen LogP contribution in [0.15, 0.2) is 0 Å². The van der Waals surface area contributed by atoms with Gasteiger partial charge in [0, 0.05) is 12.1 Å². The molecule has 0 bridgehead atoms. The van der Waals surface area contributed by atoms with Crippen molar-refractivity contribution in [3.8, 4) is 0 Å². The Kier molecular flexibility index (Phi) is 4.20. The maximum absolute atomic E-state index is 5.77. The topological polar surface area (TPSA) is 38.0 Å². The van der Waals surface area contributed by atoms with Gasteiger partial charge >= 0.3 is 0 Å². The van der Waals surface area contributed by atoms with E-state index >= 15 is 0 Å². The lowest BCUT2D eigenvalue weighted by atomic mass is 9.84. The molecular weight excluding hydrogens is 160 g/mol. The quantitative estimate of drug-likeness (QED) is 0.701. The summed E-state index contributed by atoms with van der Waals surface area (Å²) in [5.41, 5.74) is 5.77. The van der Waals surface area contributed by atoms with Gasteiger partial charge in [-0.25, -0.2) is 0 Å². The summed E-state index contributed by atoms with van der Waals surface area (Å²) in [7, 11) is 0. The molecule has 0 aromatic rings. The Morgan fingerprint density at radius 1 is 1.38 bits per heavy atom. The molecule has 0 spiro atoms. The first-order valence-electron chi connectivity index (χ1n) is 5.59. The van der Waals surface area contributed by atoms with E-state index in [4.69, 9.17) is 5.73 Å². The predicted molar refractivity (Wildman–Crippen MR) is 57.6 cm³/mol. The Morgan fingerprint density at radius 3 is 2.62 bits per heavy atom. The van der Waals surface area contributed by atoms with Crippen LogP contribution in [0.25, 0.3) is 0 Å². The first-order valence-corrected chi connectivity index (χ1v) is 5.59. The van der Waals surface area contributed by atoms with Crippen LogP contribution in [0, 0.1) is 11.8 Å². The highest BCUT2D eigenvalue weighted by Gasteiger charge is 2.27. The smallest absolute Gasteiger partial charge is 0.0112 e. The van der Waals surface area contributed by atoms with Gasteiger partial charge in [-0.15, -0.1) is 0 Å². The van der Waals surface area contributed by atoms with Gasteiger partial charge in [0.15, 0.2) is 0 Å². The van der Waals surface area contributed by atoms with Gasteiger partial charge < -0.3 is 11.1 Å². The highest BCUT2D eigenvalue weighted by molar-refractivity contribution is 4.85. The lowest BCUT2D eigenvalue weighted by Gasteiger charge is -2.36. The summed E-state index contributed by atoms with van der Waals surface area (Å²) in [5.74, 6) is 1.48. The van der Waals surface area contributed by atoms with Crippen molar-refractivity contribution in [2.45, 2.75) is 52.1 Å². The van der Waals surface area contributed by atoms with E-state index in [-0.39, 0.29) is 0 Å². The van der Waals surface area contributed by atoms with Crippen LogP contribution in [0.4, 0.5) is 0 Å². The van der Waals surface area contributed by atoms with Crippen LogP contribution >= 0.6 is 0 Å². The fourth-order valence-electron chi connectivity index (χ4n) is 2.30. The van der Waals surface area contributed by atoms with Crippen molar-refractivity contribution in [3.63, 3.8) is 0 Å². The second-order valence-corrected chi connectivity index (χ2v) is 4.88. The lowest BCUT2D eigenvalue weighted by molar-refractivity contribution is 0.217. The number of nitrogens with two attached hydrogens (primary N) is 1. The third kappa shape index (κ3) is 3.28. The number of nitrogens with one attached hydrogen (secondary N) is 1. The van der Waals surface area contributed by atoms with E-state index in [0.717, 1.165) is 12.5 Å². The van der Waals surface area contributed by atoms with E-state index in [0.29, 0.717) is 18.0 Å². The maximum atomic E-state index is 5.77. The van der Waals surface area contributed by atoms with Gasteiger partial charge in [0.1, 0.15) is 0 Å². The van der Waals surface area contributed by atoms with Crippen molar-refractivity contribution in [3.05, 3.63) is 0 Å². The predicted octanol–water partition coefficient (Wildman–Crippen LogP) is 1.75. The molecule has 0 saturated carbocycles. The third-order valence-corrected chi connectivity index (χ3v) is 3.07. The molecule has 2 heteroatoms. The van der Waals surface area contributed by atoms with E-state index in [1.165, 1.54) is 19.3 Å². The molecule has 0 aliphatic carbocycles. The first kappa shape index (κ1) is 11.0. The average Bonchev–Trinajstić information content (AvgIpc) is 2.03. The summed E-state index contributed by atoms with van der Waals surface area (Å²) < 4.78 is 0. The molecule has 0 aromatic heterocycles. The maximum Gasteiger partial charge on any atom is 0.0112 e. The van der Waals surface area contributed by atoms with E-state index in [2.05, 4.69) is 26.1 Å². The average molecular weight is 184 g/mol. The molecule has 0 radical (unpaired) electrons. The minimum atomic E-state index is 0.661. The Hall–Kier alpha value is -0.0800. The first-order chi connectivity index (χ1) is 6.13.